The van der Waals surface area contributed by atoms with Crippen molar-refractivity contribution in [3.8, 4) is 6.07 Å². The highest BCUT2D eigenvalue weighted by Gasteiger charge is 2.30. The molecule has 1 nitrogen and oxygen atoms in total. The molecular weight excluding hydrogens is 333 g/mol. The lowest BCUT2D eigenvalue weighted by Gasteiger charge is -2.36. The van der Waals surface area contributed by atoms with Crippen molar-refractivity contribution >= 4 is 14.5 Å². The number of hydrogen-bond donors (Lipinski definition) is 0. The van der Waals surface area contributed by atoms with Gasteiger partial charge in [-0.3, -0.25) is 0 Å². The van der Waals surface area contributed by atoms with Crippen molar-refractivity contribution in [2.75, 3.05) is 0 Å². The van der Waals surface area contributed by atoms with Crippen LogP contribution in [0.5, 0.6) is 0 Å². The molecule has 1 aromatic carbocycles. The number of rotatable bonds is 4. The van der Waals surface area contributed by atoms with Crippen LogP contribution in [0.4, 0.5) is 0 Å². The van der Waals surface area contributed by atoms with E-state index in [-0.39, 0.29) is 0 Å². The average Bonchev–Trinajstić information content (AvgIpc) is 2.69. The molecule has 1 saturated carbocycles. The first-order valence-electron chi connectivity index (χ1n) is 10.6. The number of hydrogen-bond acceptors (Lipinski definition) is 1. The van der Waals surface area contributed by atoms with Crippen LogP contribution in [0.3, 0.4) is 0 Å². The minimum atomic E-state index is 0.832. The van der Waals surface area contributed by atoms with Crippen molar-refractivity contribution in [3.63, 3.8) is 0 Å². The van der Waals surface area contributed by atoms with E-state index in [1.807, 2.05) is 13.8 Å². The summed E-state index contributed by atoms with van der Waals surface area (Å²) in [4.78, 5) is 0. The molecule has 0 amide bonds. The van der Waals surface area contributed by atoms with Gasteiger partial charge in [0.05, 0.1) is 11.6 Å². The van der Waals surface area contributed by atoms with Crippen LogP contribution in [0.2, 0.25) is 0 Å². The van der Waals surface area contributed by atoms with Crippen LogP contribution in [0.15, 0.2) is 24.3 Å². The molecule has 0 saturated heterocycles. The van der Waals surface area contributed by atoms with Crippen LogP contribution >= 0.6 is 9.24 Å². The van der Waals surface area contributed by atoms with Gasteiger partial charge in [0, 0.05) is 0 Å². The Balaban J connectivity index is 0.00000117. The van der Waals surface area contributed by atoms with E-state index in [0.717, 1.165) is 28.6 Å². The van der Waals surface area contributed by atoms with Gasteiger partial charge in [-0.15, -0.1) is 9.24 Å². The second kappa shape index (κ2) is 10.9. The van der Waals surface area contributed by atoms with Crippen LogP contribution in [-0.4, -0.2) is 0 Å². The summed E-state index contributed by atoms with van der Waals surface area (Å²) in [6.07, 6.45) is 16.6. The van der Waals surface area contributed by atoms with Gasteiger partial charge in [0.1, 0.15) is 0 Å². The van der Waals surface area contributed by atoms with Gasteiger partial charge in [0.25, 0.3) is 0 Å². The summed E-state index contributed by atoms with van der Waals surface area (Å²) < 4.78 is 0. The number of nitriles is 1. The van der Waals surface area contributed by atoms with Gasteiger partial charge in [0.2, 0.25) is 0 Å². The molecule has 0 N–H and O–H groups in total. The minimum absolute atomic E-state index is 0.832. The Hall–Kier alpha value is -1.12. The molecule has 2 atom stereocenters. The molecule has 0 heterocycles. The number of fused-ring (bicyclic) bond motifs is 1. The largest absolute Gasteiger partial charge is 0.192 e. The molecule has 2 heteroatoms. The summed E-state index contributed by atoms with van der Waals surface area (Å²) in [7, 11) is 2.74. The van der Waals surface area contributed by atoms with E-state index in [0.29, 0.717) is 0 Å². The molecule has 2 unspecified atom stereocenters. The number of nitrogens with zero attached hydrogens (tertiary/aromatic N) is 1. The van der Waals surface area contributed by atoms with Crippen molar-refractivity contribution in [2.24, 2.45) is 17.8 Å². The maximum absolute atomic E-state index is 9.21. The lowest BCUT2D eigenvalue weighted by atomic mass is 9.69. The highest BCUT2D eigenvalue weighted by Crippen LogP contribution is 2.40. The third-order valence-corrected chi connectivity index (χ3v) is 6.77. The van der Waals surface area contributed by atoms with Crippen molar-refractivity contribution in [1.29, 1.82) is 5.26 Å². The van der Waals surface area contributed by atoms with E-state index in [4.69, 9.17) is 0 Å². The van der Waals surface area contributed by atoms with E-state index in [1.165, 1.54) is 68.9 Å². The summed E-state index contributed by atoms with van der Waals surface area (Å²) >= 11 is 0. The Morgan fingerprint density at radius 1 is 1.08 bits per heavy atom. The van der Waals surface area contributed by atoms with E-state index < -0.39 is 0 Å². The van der Waals surface area contributed by atoms with E-state index in [1.54, 1.807) is 0 Å². The first-order chi connectivity index (χ1) is 12.7. The number of aryl methyl sites for hydroxylation is 1. The first-order valence-corrected chi connectivity index (χ1v) is 11.2. The van der Waals surface area contributed by atoms with Crippen LogP contribution in [0.25, 0.3) is 0 Å². The van der Waals surface area contributed by atoms with Crippen LogP contribution in [0, 0.1) is 29.1 Å². The topological polar surface area (TPSA) is 23.8 Å². The van der Waals surface area contributed by atoms with Crippen LogP contribution in [-0.2, 0) is 12.8 Å². The quantitative estimate of drug-likeness (QED) is 0.448. The normalized spacial score (nSPS) is 25.1. The molecule has 0 bridgehead atoms. The fourth-order valence-corrected chi connectivity index (χ4v) is 5.15. The summed E-state index contributed by atoms with van der Waals surface area (Å²) in [6, 6.07) is 6.71. The zero-order valence-corrected chi connectivity index (χ0v) is 18.1. The van der Waals surface area contributed by atoms with Crippen LogP contribution in [0.1, 0.15) is 82.4 Å². The van der Waals surface area contributed by atoms with Crippen LogP contribution < -0.4 is 5.30 Å². The molecule has 1 aromatic rings. The lowest BCUT2D eigenvalue weighted by Crippen LogP contribution is -2.27. The summed E-state index contributed by atoms with van der Waals surface area (Å²) in [6.45, 7) is 6.12. The average molecular weight is 370 g/mol. The lowest BCUT2D eigenvalue weighted by molar-refractivity contribution is 0.185. The summed E-state index contributed by atoms with van der Waals surface area (Å²) in [5.74, 6) is 2.76. The van der Waals surface area contributed by atoms with Crippen molar-refractivity contribution in [1.82, 2.24) is 0 Å². The molecule has 0 aliphatic heterocycles. The van der Waals surface area contributed by atoms with Gasteiger partial charge in [0.15, 0.2) is 0 Å². The number of benzene rings is 1. The predicted molar refractivity (Wildman–Crippen MR) is 117 cm³/mol. The molecule has 0 aromatic heterocycles. The Kier molecular flexibility index (Phi) is 8.87. The molecule has 26 heavy (non-hydrogen) atoms. The van der Waals surface area contributed by atoms with Gasteiger partial charge < -0.3 is 0 Å². The highest BCUT2D eigenvalue weighted by molar-refractivity contribution is 7.27. The molecule has 2 aliphatic rings. The van der Waals surface area contributed by atoms with Crippen molar-refractivity contribution in [3.05, 3.63) is 41.0 Å². The molecule has 2 aliphatic carbocycles. The van der Waals surface area contributed by atoms with E-state index >= 15 is 0 Å². The Labute approximate surface area is 163 Å². The molecule has 0 spiro atoms. The van der Waals surface area contributed by atoms with E-state index in [9.17, 15) is 5.26 Å². The molecule has 1 fully saturated rings. The molecular formula is C24H36NP. The second-order valence-electron chi connectivity index (χ2n) is 7.75. The third-order valence-electron chi connectivity index (χ3n) is 6.29. The van der Waals surface area contributed by atoms with Gasteiger partial charge in [-0.2, -0.15) is 5.26 Å². The van der Waals surface area contributed by atoms with Crippen molar-refractivity contribution in [2.45, 2.75) is 78.6 Å². The molecule has 142 valence electrons. The van der Waals surface area contributed by atoms with Gasteiger partial charge >= 0.3 is 0 Å². The summed E-state index contributed by atoms with van der Waals surface area (Å²) in [5, 5.41) is 10.3. The maximum atomic E-state index is 9.21. The third kappa shape index (κ3) is 5.44. The standard InChI is InChI=1S/C22H30NP.C2H6/c1-2-3-4-5-16-6-8-17(9-7-16)18-10-11-19-13-21(15-23)22(24)14-20(19)12-18;1-2/h2-3,13-14,16-18H,4-12,24H2,1H3;1-2H3/b3-2+;. The fraction of sp³-hybridized carbons (Fsp3) is 0.625. The smallest absolute Gasteiger partial charge is 0.0998 e. The monoisotopic (exact) mass is 369 g/mol. The van der Waals surface area contributed by atoms with Gasteiger partial charge in [-0.1, -0.05) is 44.9 Å². The number of allylic oxidation sites excluding steroid dienone is 2. The van der Waals surface area contributed by atoms with Gasteiger partial charge in [-0.25, -0.2) is 0 Å². The zero-order chi connectivity index (χ0) is 18.9. The zero-order valence-electron chi connectivity index (χ0n) is 16.9. The highest BCUT2D eigenvalue weighted by atomic mass is 31.0. The first kappa shape index (κ1) is 21.2. The minimum Gasteiger partial charge on any atom is -0.192 e. The van der Waals surface area contributed by atoms with Gasteiger partial charge in [-0.05, 0) is 92.1 Å². The molecule has 0 radical (unpaired) electrons. The Morgan fingerprint density at radius 3 is 2.46 bits per heavy atom. The maximum Gasteiger partial charge on any atom is 0.0998 e. The predicted octanol–water partition coefficient (Wildman–Crippen LogP) is 6.35. The molecule has 3 rings (SSSR count). The summed E-state index contributed by atoms with van der Waals surface area (Å²) in [5.41, 5.74) is 3.76. The van der Waals surface area contributed by atoms with E-state index in [2.05, 4.69) is 46.5 Å². The second-order valence-corrected chi connectivity index (χ2v) is 8.37. The SMILES string of the molecule is C/C=C/CCC1CCC(C2CCc3cc(C#N)c(P)cc3C2)CC1.CC. The fourth-order valence-electron chi connectivity index (χ4n) is 4.80. The van der Waals surface area contributed by atoms with Crippen molar-refractivity contribution < 1.29 is 0 Å². The Bertz CT molecular complexity index is 632. The Morgan fingerprint density at radius 2 is 1.81 bits per heavy atom.